The molecule has 2 aromatic rings. The third-order valence-electron chi connectivity index (χ3n) is 6.47. The van der Waals surface area contributed by atoms with Crippen LogP contribution in [0.3, 0.4) is 0 Å². The van der Waals surface area contributed by atoms with Crippen molar-refractivity contribution in [2.24, 2.45) is 10.8 Å². The molecular formula is C25H28O3. The normalized spacial score (nSPS) is 26.7. The maximum Gasteiger partial charge on any atom is 0.338 e. The predicted molar refractivity (Wildman–Crippen MR) is 111 cm³/mol. The molecule has 2 aromatic carbocycles. The third kappa shape index (κ3) is 3.01. The molecule has 1 aliphatic heterocycles. The van der Waals surface area contributed by atoms with Crippen molar-refractivity contribution in [3.05, 3.63) is 47.5 Å². The fourth-order valence-corrected chi connectivity index (χ4v) is 4.42. The number of fused-ring (bicyclic) bond motifs is 2. The van der Waals surface area contributed by atoms with Gasteiger partial charge in [0, 0.05) is 11.0 Å². The molecule has 1 heterocycles. The Morgan fingerprint density at radius 3 is 2.57 bits per heavy atom. The highest BCUT2D eigenvalue weighted by molar-refractivity contribution is 5.95. The van der Waals surface area contributed by atoms with E-state index in [4.69, 9.17) is 9.47 Å². The molecule has 2 atom stereocenters. The van der Waals surface area contributed by atoms with Crippen LogP contribution in [0, 0.1) is 22.7 Å². The van der Waals surface area contributed by atoms with Gasteiger partial charge < -0.3 is 9.47 Å². The van der Waals surface area contributed by atoms with Crippen LogP contribution in [0.25, 0.3) is 10.8 Å². The van der Waals surface area contributed by atoms with Gasteiger partial charge in [-0.15, -0.1) is 0 Å². The van der Waals surface area contributed by atoms with Gasteiger partial charge in [0.05, 0.1) is 12.2 Å². The molecule has 0 bridgehead atoms. The van der Waals surface area contributed by atoms with Crippen molar-refractivity contribution in [3.8, 4) is 11.8 Å². The van der Waals surface area contributed by atoms with Gasteiger partial charge in [0.15, 0.2) is 5.60 Å². The number of rotatable bonds is 2. The molecule has 2 fully saturated rings. The Bertz CT molecular complexity index is 1010. The summed E-state index contributed by atoms with van der Waals surface area (Å²) in [5.74, 6) is 6.59. The molecule has 28 heavy (non-hydrogen) atoms. The van der Waals surface area contributed by atoms with Crippen LogP contribution in [-0.4, -0.2) is 24.3 Å². The van der Waals surface area contributed by atoms with E-state index >= 15 is 0 Å². The highest BCUT2D eigenvalue weighted by Crippen LogP contribution is 2.63. The van der Waals surface area contributed by atoms with Crippen LogP contribution >= 0.6 is 0 Å². The van der Waals surface area contributed by atoms with E-state index in [0.29, 0.717) is 12.2 Å². The fraction of sp³-hybridized carbons (Fsp3) is 0.480. The lowest BCUT2D eigenvalue weighted by Crippen LogP contribution is -2.43. The molecule has 3 heteroatoms. The molecule has 0 spiro atoms. The molecule has 2 aliphatic rings. The van der Waals surface area contributed by atoms with Crippen molar-refractivity contribution < 1.29 is 14.3 Å². The highest BCUT2D eigenvalue weighted by Gasteiger charge is 2.71. The van der Waals surface area contributed by atoms with E-state index in [1.165, 1.54) is 6.42 Å². The molecule has 1 saturated heterocycles. The Labute approximate surface area is 167 Å². The van der Waals surface area contributed by atoms with Gasteiger partial charge in [-0.05, 0) is 60.2 Å². The number of hydrogen-bond acceptors (Lipinski definition) is 3. The van der Waals surface area contributed by atoms with Crippen molar-refractivity contribution >= 4 is 16.7 Å². The van der Waals surface area contributed by atoms with Crippen molar-refractivity contribution in [1.82, 2.24) is 0 Å². The van der Waals surface area contributed by atoms with Gasteiger partial charge in [0.1, 0.15) is 6.10 Å². The first-order valence-electron chi connectivity index (χ1n) is 10.1. The summed E-state index contributed by atoms with van der Waals surface area (Å²) in [5.41, 5.74) is 1.45. The van der Waals surface area contributed by atoms with Gasteiger partial charge in [-0.2, -0.15) is 0 Å². The average molecular weight is 376 g/mol. The molecule has 146 valence electrons. The minimum absolute atomic E-state index is 0.0611. The first-order chi connectivity index (χ1) is 13.2. The lowest BCUT2D eigenvalue weighted by atomic mass is 9.61. The van der Waals surface area contributed by atoms with Gasteiger partial charge in [0.25, 0.3) is 0 Å². The second-order valence-electron chi connectivity index (χ2n) is 9.35. The second kappa shape index (κ2) is 6.36. The average Bonchev–Trinajstić information content (AvgIpc) is 3.42. The smallest absolute Gasteiger partial charge is 0.338 e. The Kier molecular flexibility index (Phi) is 4.32. The quantitative estimate of drug-likeness (QED) is 0.403. The van der Waals surface area contributed by atoms with Crippen LogP contribution in [0.15, 0.2) is 36.4 Å². The molecule has 1 aliphatic carbocycles. The predicted octanol–water partition coefficient (Wildman–Crippen LogP) is 5.35. The molecule has 0 radical (unpaired) electrons. The summed E-state index contributed by atoms with van der Waals surface area (Å²) in [6, 6.07) is 11.7. The van der Waals surface area contributed by atoms with Crippen molar-refractivity contribution in [2.75, 3.05) is 6.61 Å². The van der Waals surface area contributed by atoms with Crippen molar-refractivity contribution in [3.63, 3.8) is 0 Å². The number of hydrogen-bond donors (Lipinski definition) is 0. The molecule has 0 amide bonds. The summed E-state index contributed by atoms with van der Waals surface area (Å²) in [7, 11) is 0. The van der Waals surface area contributed by atoms with Crippen LogP contribution in [0.4, 0.5) is 0 Å². The Hall–Kier alpha value is -2.31. The Morgan fingerprint density at radius 1 is 1.11 bits per heavy atom. The monoisotopic (exact) mass is 376 g/mol. The number of ether oxygens (including phenoxy) is 2. The Morgan fingerprint density at radius 2 is 1.82 bits per heavy atom. The summed E-state index contributed by atoms with van der Waals surface area (Å²) in [5, 5.41) is 2.07. The lowest BCUT2D eigenvalue weighted by Gasteiger charge is -2.39. The summed E-state index contributed by atoms with van der Waals surface area (Å²) < 4.78 is 11.3. The van der Waals surface area contributed by atoms with Crippen molar-refractivity contribution in [1.29, 1.82) is 0 Å². The van der Waals surface area contributed by atoms with Crippen LogP contribution in [0.5, 0.6) is 0 Å². The highest BCUT2D eigenvalue weighted by atomic mass is 16.6. The van der Waals surface area contributed by atoms with E-state index in [9.17, 15) is 4.79 Å². The molecule has 3 nitrogen and oxygen atoms in total. The van der Waals surface area contributed by atoms with Crippen LogP contribution in [-0.2, 0) is 9.47 Å². The fourth-order valence-electron chi connectivity index (χ4n) is 4.42. The standard InChI is InChI=1S/C25H28O3/c1-6-27-21(26)20-10-9-18-15-17(7-8-19(18)16-20)11-12-25-22(28-25)23(2,3)13-14-24(25,4)5/h7-10,15-16,22H,6,13-14H2,1-5H3. The van der Waals surface area contributed by atoms with Crippen LogP contribution < -0.4 is 0 Å². The number of benzene rings is 2. The lowest BCUT2D eigenvalue weighted by molar-refractivity contribution is 0.0526. The summed E-state index contributed by atoms with van der Waals surface area (Å²) in [6.07, 6.45) is 2.51. The number of epoxide rings is 1. The van der Waals surface area contributed by atoms with E-state index in [1.807, 2.05) is 37.3 Å². The van der Waals surface area contributed by atoms with Crippen LogP contribution in [0.1, 0.15) is 63.4 Å². The third-order valence-corrected chi connectivity index (χ3v) is 6.47. The van der Waals surface area contributed by atoms with E-state index in [2.05, 4.69) is 45.6 Å². The molecule has 1 saturated carbocycles. The van der Waals surface area contributed by atoms with E-state index in [1.54, 1.807) is 0 Å². The number of carbonyl (C=O) groups excluding carboxylic acids is 1. The first kappa shape index (κ1) is 19.0. The summed E-state index contributed by atoms with van der Waals surface area (Å²) in [6.45, 7) is 11.3. The number of esters is 1. The van der Waals surface area contributed by atoms with E-state index < -0.39 is 0 Å². The SMILES string of the molecule is CCOC(=O)c1ccc2cc(C#CC34OC3C(C)(C)CCC4(C)C)ccc2c1. The molecule has 0 N–H and O–H groups in total. The second-order valence-corrected chi connectivity index (χ2v) is 9.35. The van der Waals surface area contributed by atoms with E-state index in [-0.39, 0.29) is 28.5 Å². The zero-order valence-corrected chi connectivity index (χ0v) is 17.4. The van der Waals surface area contributed by atoms with Gasteiger partial charge in [-0.1, -0.05) is 51.7 Å². The largest absolute Gasteiger partial charge is 0.462 e. The molecule has 2 unspecified atom stereocenters. The molecular weight excluding hydrogens is 348 g/mol. The zero-order chi connectivity index (χ0) is 20.2. The Balaban J connectivity index is 1.63. The molecule has 4 rings (SSSR count). The summed E-state index contributed by atoms with van der Waals surface area (Å²) in [4.78, 5) is 11.9. The van der Waals surface area contributed by atoms with Crippen LogP contribution in [0.2, 0.25) is 0 Å². The van der Waals surface area contributed by atoms with E-state index in [0.717, 1.165) is 22.8 Å². The topological polar surface area (TPSA) is 38.8 Å². The minimum Gasteiger partial charge on any atom is -0.462 e. The summed E-state index contributed by atoms with van der Waals surface area (Å²) >= 11 is 0. The zero-order valence-electron chi connectivity index (χ0n) is 17.4. The molecule has 0 aromatic heterocycles. The maximum absolute atomic E-state index is 11.9. The number of carbonyl (C=O) groups is 1. The first-order valence-corrected chi connectivity index (χ1v) is 10.1. The van der Waals surface area contributed by atoms with Gasteiger partial charge >= 0.3 is 5.97 Å². The van der Waals surface area contributed by atoms with Gasteiger partial charge in [0.2, 0.25) is 0 Å². The van der Waals surface area contributed by atoms with Gasteiger partial charge in [-0.25, -0.2) is 4.79 Å². The van der Waals surface area contributed by atoms with Crippen molar-refractivity contribution in [2.45, 2.75) is 59.2 Å². The minimum atomic E-state index is -0.336. The maximum atomic E-state index is 11.9. The van der Waals surface area contributed by atoms with Gasteiger partial charge in [-0.3, -0.25) is 0 Å².